The SMILES string of the molecule is CCOC(CNC(=O)CC(C)N)OCC. The number of amides is 1. The molecule has 0 saturated heterocycles. The minimum atomic E-state index is -0.364. The molecule has 0 rings (SSSR count). The van der Waals surface area contributed by atoms with Crippen molar-refractivity contribution in [2.24, 2.45) is 5.73 Å². The summed E-state index contributed by atoms with van der Waals surface area (Å²) in [4.78, 5) is 11.3. The maximum absolute atomic E-state index is 11.3. The van der Waals surface area contributed by atoms with Crippen molar-refractivity contribution in [2.75, 3.05) is 19.8 Å². The Morgan fingerprint density at radius 2 is 1.87 bits per heavy atom. The third-order valence-corrected chi connectivity index (χ3v) is 1.68. The summed E-state index contributed by atoms with van der Waals surface area (Å²) < 4.78 is 10.5. The molecule has 0 aromatic heterocycles. The highest BCUT2D eigenvalue weighted by Crippen LogP contribution is 1.94. The van der Waals surface area contributed by atoms with Gasteiger partial charge in [0, 0.05) is 25.7 Å². The Morgan fingerprint density at radius 3 is 2.27 bits per heavy atom. The second-order valence-electron chi connectivity index (χ2n) is 3.33. The largest absolute Gasteiger partial charge is 0.351 e. The van der Waals surface area contributed by atoms with Gasteiger partial charge in [0.1, 0.15) is 0 Å². The Balaban J connectivity index is 3.72. The molecule has 0 saturated carbocycles. The Morgan fingerprint density at radius 1 is 1.33 bits per heavy atom. The van der Waals surface area contributed by atoms with Crippen molar-refractivity contribution in [3.05, 3.63) is 0 Å². The number of hydrogen-bond acceptors (Lipinski definition) is 4. The summed E-state index contributed by atoms with van der Waals surface area (Å²) in [5.41, 5.74) is 5.49. The number of hydrogen-bond donors (Lipinski definition) is 2. The standard InChI is InChI=1S/C10H22N2O3/c1-4-14-10(15-5-2)7-12-9(13)6-8(3)11/h8,10H,4-7,11H2,1-3H3,(H,12,13). The van der Waals surface area contributed by atoms with E-state index in [4.69, 9.17) is 15.2 Å². The molecule has 90 valence electrons. The van der Waals surface area contributed by atoms with Crippen molar-refractivity contribution < 1.29 is 14.3 Å². The van der Waals surface area contributed by atoms with E-state index in [1.54, 1.807) is 6.92 Å². The van der Waals surface area contributed by atoms with Crippen molar-refractivity contribution in [2.45, 2.75) is 39.5 Å². The molecule has 0 aromatic rings. The van der Waals surface area contributed by atoms with E-state index < -0.39 is 0 Å². The molecule has 0 aliphatic heterocycles. The van der Waals surface area contributed by atoms with Crippen LogP contribution in [0.2, 0.25) is 0 Å². The minimum Gasteiger partial charge on any atom is -0.351 e. The maximum atomic E-state index is 11.3. The van der Waals surface area contributed by atoms with Crippen LogP contribution in [0.3, 0.4) is 0 Å². The molecule has 0 fully saturated rings. The Labute approximate surface area is 91.3 Å². The van der Waals surface area contributed by atoms with Gasteiger partial charge in [-0.1, -0.05) is 0 Å². The van der Waals surface area contributed by atoms with Crippen LogP contribution in [0.5, 0.6) is 0 Å². The van der Waals surface area contributed by atoms with Gasteiger partial charge >= 0.3 is 0 Å². The average Bonchev–Trinajstić information content (AvgIpc) is 2.14. The van der Waals surface area contributed by atoms with Crippen molar-refractivity contribution in [3.63, 3.8) is 0 Å². The fraction of sp³-hybridized carbons (Fsp3) is 0.900. The van der Waals surface area contributed by atoms with Gasteiger partial charge in [0.2, 0.25) is 5.91 Å². The van der Waals surface area contributed by atoms with Gasteiger partial charge in [-0.3, -0.25) is 4.79 Å². The molecule has 3 N–H and O–H groups in total. The molecule has 0 spiro atoms. The lowest BCUT2D eigenvalue weighted by Gasteiger charge is -2.17. The number of ether oxygens (including phenoxy) is 2. The van der Waals surface area contributed by atoms with Crippen LogP contribution in [0.4, 0.5) is 0 Å². The van der Waals surface area contributed by atoms with Crippen molar-refractivity contribution in [3.8, 4) is 0 Å². The van der Waals surface area contributed by atoms with Gasteiger partial charge in [-0.2, -0.15) is 0 Å². The Kier molecular flexibility index (Phi) is 8.27. The first-order valence-electron chi connectivity index (χ1n) is 5.35. The van der Waals surface area contributed by atoms with Crippen LogP contribution in [-0.2, 0) is 14.3 Å². The second kappa shape index (κ2) is 8.64. The number of nitrogens with two attached hydrogens (primary N) is 1. The smallest absolute Gasteiger partial charge is 0.221 e. The van der Waals surface area contributed by atoms with E-state index in [0.29, 0.717) is 26.2 Å². The van der Waals surface area contributed by atoms with Gasteiger partial charge in [-0.25, -0.2) is 0 Å². The number of nitrogens with one attached hydrogen (secondary N) is 1. The fourth-order valence-corrected chi connectivity index (χ4v) is 1.10. The lowest BCUT2D eigenvalue weighted by atomic mass is 10.2. The predicted octanol–water partition coefficient (Wildman–Crippen LogP) is 0.239. The molecule has 1 atom stereocenters. The van der Waals surface area contributed by atoms with E-state index in [9.17, 15) is 4.79 Å². The summed E-state index contributed by atoms with van der Waals surface area (Å²) >= 11 is 0. The van der Waals surface area contributed by atoms with Gasteiger partial charge in [0.25, 0.3) is 0 Å². The molecular formula is C10H22N2O3. The Hall–Kier alpha value is -0.650. The minimum absolute atomic E-state index is 0.0746. The van der Waals surface area contributed by atoms with Crippen LogP contribution >= 0.6 is 0 Å². The normalized spacial score (nSPS) is 12.9. The van der Waals surface area contributed by atoms with E-state index in [1.165, 1.54) is 0 Å². The van der Waals surface area contributed by atoms with Crippen molar-refractivity contribution >= 4 is 5.91 Å². The third kappa shape index (κ3) is 8.35. The van der Waals surface area contributed by atoms with Crippen LogP contribution < -0.4 is 11.1 Å². The zero-order chi connectivity index (χ0) is 11.7. The fourth-order valence-electron chi connectivity index (χ4n) is 1.10. The first-order chi connectivity index (χ1) is 7.10. The van der Waals surface area contributed by atoms with Crippen molar-refractivity contribution in [1.29, 1.82) is 0 Å². The van der Waals surface area contributed by atoms with Crippen LogP contribution in [0.25, 0.3) is 0 Å². The van der Waals surface area contributed by atoms with Gasteiger partial charge < -0.3 is 20.5 Å². The lowest BCUT2D eigenvalue weighted by Crippen LogP contribution is -2.37. The highest BCUT2D eigenvalue weighted by atomic mass is 16.7. The summed E-state index contributed by atoms with van der Waals surface area (Å²) in [6.45, 7) is 7.06. The maximum Gasteiger partial charge on any atom is 0.221 e. The summed E-state index contributed by atoms with van der Waals surface area (Å²) in [5.74, 6) is -0.0746. The van der Waals surface area contributed by atoms with E-state index in [1.807, 2.05) is 13.8 Å². The highest BCUT2D eigenvalue weighted by Gasteiger charge is 2.10. The summed E-state index contributed by atoms with van der Waals surface area (Å²) in [6.07, 6.45) is -0.0395. The number of rotatable bonds is 8. The average molecular weight is 218 g/mol. The second-order valence-corrected chi connectivity index (χ2v) is 3.33. The summed E-state index contributed by atoms with van der Waals surface area (Å²) in [5, 5.41) is 2.71. The van der Waals surface area contributed by atoms with E-state index in [-0.39, 0.29) is 18.2 Å². The molecule has 5 nitrogen and oxygen atoms in total. The molecule has 1 amide bonds. The number of carbonyl (C=O) groups is 1. The van der Waals surface area contributed by atoms with E-state index in [2.05, 4.69) is 5.32 Å². The van der Waals surface area contributed by atoms with Gasteiger partial charge in [-0.15, -0.1) is 0 Å². The van der Waals surface area contributed by atoms with Gasteiger partial charge in [0.15, 0.2) is 6.29 Å². The molecule has 0 bridgehead atoms. The third-order valence-electron chi connectivity index (χ3n) is 1.68. The summed E-state index contributed by atoms with van der Waals surface area (Å²) in [6, 6.07) is -0.123. The molecule has 5 heteroatoms. The van der Waals surface area contributed by atoms with Crippen LogP contribution in [0.15, 0.2) is 0 Å². The molecule has 0 aliphatic carbocycles. The first-order valence-corrected chi connectivity index (χ1v) is 5.35. The zero-order valence-electron chi connectivity index (χ0n) is 9.79. The molecule has 0 aromatic carbocycles. The molecule has 1 unspecified atom stereocenters. The van der Waals surface area contributed by atoms with E-state index >= 15 is 0 Å². The molecule has 15 heavy (non-hydrogen) atoms. The molecule has 0 radical (unpaired) electrons. The Bertz CT molecular complexity index is 168. The molecular weight excluding hydrogens is 196 g/mol. The quantitative estimate of drug-likeness (QED) is 0.572. The first kappa shape index (κ1) is 14.3. The van der Waals surface area contributed by atoms with Gasteiger partial charge in [-0.05, 0) is 20.8 Å². The van der Waals surface area contributed by atoms with Crippen LogP contribution in [0.1, 0.15) is 27.2 Å². The molecule has 0 heterocycles. The predicted molar refractivity (Wildman–Crippen MR) is 58.3 cm³/mol. The lowest BCUT2D eigenvalue weighted by molar-refractivity contribution is -0.140. The van der Waals surface area contributed by atoms with Gasteiger partial charge in [0.05, 0.1) is 6.54 Å². The number of carbonyl (C=O) groups excluding carboxylic acids is 1. The molecule has 0 aliphatic rings. The topological polar surface area (TPSA) is 73.6 Å². The highest BCUT2D eigenvalue weighted by molar-refractivity contribution is 5.76. The van der Waals surface area contributed by atoms with E-state index in [0.717, 1.165) is 0 Å². The summed E-state index contributed by atoms with van der Waals surface area (Å²) in [7, 11) is 0. The van der Waals surface area contributed by atoms with Crippen molar-refractivity contribution in [1.82, 2.24) is 5.32 Å². The zero-order valence-corrected chi connectivity index (χ0v) is 9.79. The van der Waals surface area contributed by atoms with Crippen LogP contribution in [-0.4, -0.2) is 38.0 Å². The van der Waals surface area contributed by atoms with Crippen LogP contribution in [0, 0.1) is 0 Å². The monoisotopic (exact) mass is 218 g/mol.